The third-order valence-electron chi connectivity index (χ3n) is 5.19. The van der Waals surface area contributed by atoms with Gasteiger partial charge in [-0.3, -0.25) is 9.80 Å². The monoisotopic (exact) mass is 252 g/mol. The van der Waals surface area contributed by atoms with Crippen LogP contribution in [0.25, 0.3) is 0 Å². The van der Waals surface area contributed by atoms with Gasteiger partial charge in [0.15, 0.2) is 0 Å². The number of nitrogens with zero attached hydrogens (tertiary/aromatic N) is 2. The molecule has 2 heteroatoms. The molecule has 0 aromatic heterocycles. The predicted octanol–water partition coefficient (Wildman–Crippen LogP) is 3.23. The highest BCUT2D eigenvalue weighted by Gasteiger charge is 2.38. The number of piperazine rings is 1. The van der Waals surface area contributed by atoms with E-state index in [1.165, 1.54) is 45.4 Å². The molecule has 2 fully saturated rings. The fourth-order valence-electron chi connectivity index (χ4n) is 3.58. The molecule has 0 N–H and O–H groups in total. The molecule has 2 aliphatic rings. The molecule has 0 spiro atoms. The molecule has 2 saturated heterocycles. The van der Waals surface area contributed by atoms with E-state index in [1.807, 2.05) is 0 Å². The van der Waals surface area contributed by atoms with Crippen molar-refractivity contribution in [2.75, 3.05) is 26.2 Å². The standard InChI is InChI=1S/C16H32N2/c1-6-16(4,5)12-18-10-14-8-7-9-17(14)11-15(18)13(2)3/h13-15H,6-12H2,1-5H3. The smallest absolute Gasteiger partial charge is 0.0247 e. The van der Waals surface area contributed by atoms with Crippen LogP contribution in [0.2, 0.25) is 0 Å². The highest BCUT2D eigenvalue weighted by atomic mass is 15.3. The molecule has 0 aromatic carbocycles. The van der Waals surface area contributed by atoms with Crippen LogP contribution in [0.3, 0.4) is 0 Å². The van der Waals surface area contributed by atoms with Gasteiger partial charge in [-0.2, -0.15) is 0 Å². The van der Waals surface area contributed by atoms with Crippen LogP contribution in [0.5, 0.6) is 0 Å². The lowest BCUT2D eigenvalue weighted by Crippen LogP contribution is -2.59. The number of hydrogen-bond acceptors (Lipinski definition) is 2. The molecule has 0 amide bonds. The van der Waals surface area contributed by atoms with Gasteiger partial charge in [0.1, 0.15) is 0 Å². The second-order valence-corrected chi connectivity index (χ2v) is 7.55. The van der Waals surface area contributed by atoms with Gasteiger partial charge in [-0.1, -0.05) is 34.6 Å². The molecule has 2 unspecified atom stereocenters. The Morgan fingerprint density at radius 2 is 1.94 bits per heavy atom. The SMILES string of the molecule is CCC(C)(C)CN1CC2CCCN2CC1C(C)C. The highest BCUT2D eigenvalue weighted by molar-refractivity contribution is 4.94. The Hall–Kier alpha value is -0.0800. The number of fused-ring (bicyclic) bond motifs is 1. The van der Waals surface area contributed by atoms with Gasteiger partial charge in [-0.15, -0.1) is 0 Å². The lowest BCUT2D eigenvalue weighted by atomic mass is 9.87. The minimum absolute atomic E-state index is 0.466. The minimum atomic E-state index is 0.466. The second-order valence-electron chi connectivity index (χ2n) is 7.55. The van der Waals surface area contributed by atoms with Crippen LogP contribution in [0.1, 0.15) is 53.9 Å². The van der Waals surface area contributed by atoms with Crippen molar-refractivity contribution in [2.24, 2.45) is 11.3 Å². The van der Waals surface area contributed by atoms with Gasteiger partial charge < -0.3 is 0 Å². The summed E-state index contributed by atoms with van der Waals surface area (Å²) < 4.78 is 0. The summed E-state index contributed by atoms with van der Waals surface area (Å²) in [4.78, 5) is 5.56. The first-order valence-corrected chi connectivity index (χ1v) is 7.91. The van der Waals surface area contributed by atoms with Crippen LogP contribution >= 0.6 is 0 Å². The quantitative estimate of drug-likeness (QED) is 0.758. The molecule has 2 rings (SSSR count). The van der Waals surface area contributed by atoms with Crippen LogP contribution in [0, 0.1) is 11.3 Å². The van der Waals surface area contributed by atoms with Crippen molar-refractivity contribution in [3.63, 3.8) is 0 Å². The molecular weight excluding hydrogens is 220 g/mol. The third-order valence-corrected chi connectivity index (χ3v) is 5.19. The average molecular weight is 252 g/mol. The summed E-state index contributed by atoms with van der Waals surface area (Å²) in [5.74, 6) is 0.777. The fraction of sp³-hybridized carbons (Fsp3) is 1.00. The van der Waals surface area contributed by atoms with Crippen LogP contribution in [0.4, 0.5) is 0 Å². The Morgan fingerprint density at radius 1 is 1.22 bits per heavy atom. The minimum Gasteiger partial charge on any atom is -0.298 e. The molecular formula is C16H32N2. The van der Waals surface area contributed by atoms with Crippen molar-refractivity contribution >= 4 is 0 Å². The molecule has 0 bridgehead atoms. The summed E-state index contributed by atoms with van der Waals surface area (Å²) in [6, 6.07) is 1.62. The van der Waals surface area contributed by atoms with Gasteiger partial charge in [-0.25, -0.2) is 0 Å². The highest BCUT2D eigenvalue weighted by Crippen LogP contribution is 2.31. The molecule has 0 aromatic rings. The molecule has 18 heavy (non-hydrogen) atoms. The summed E-state index contributed by atoms with van der Waals surface area (Å²) >= 11 is 0. The molecule has 2 atom stereocenters. The maximum absolute atomic E-state index is 2.81. The zero-order valence-corrected chi connectivity index (χ0v) is 13.1. The van der Waals surface area contributed by atoms with Gasteiger partial charge in [0.05, 0.1) is 0 Å². The summed E-state index contributed by atoms with van der Waals surface area (Å²) in [5, 5.41) is 0. The van der Waals surface area contributed by atoms with Gasteiger partial charge in [0.2, 0.25) is 0 Å². The number of rotatable bonds is 4. The maximum atomic E-state index is 2.81. The molecule has 2 nitrogen and oxygen atoms in total. The van der Waals surface area contributed by atoms with Gasteiger partial charge in [-0.05, 0) is 37.1 Å². The Balaban J connectivity index is 2.05. The van der Waals surface area contributed by atoms with Crippen molar-refractivity contribution in [1.82, 2.24) is 9.80 Å². The summed E-state index contributed by atoms with van der Waals surface area (Å²) in [5.41, 5.74) is 0.466. The van der Waals surface area contributed by atoms with Crippen LogP contribution in [-0.4, -0.2) is 48.1 Å². The molecule has 0 radical (unpaired) electrons. The van der Waals surface area contributed by atoms with Crippen molar-refractivity contribution in [2.45, 2.75) is 66.0 Å². The van der Waals surface area contributed by atoms with Gasteiger partial charge in [0, 0.05) is 31.7 Å². The molecule has 0 saturated carbocycles. The summed E-state index contributed by atoms with van der Waals surface area (Å²) in [7, 11) is 0. The maximum Gasteiger partial charge on any atom is 0.0247 e. The third kappa shape index (κ3) is 3.08. The predicted molar refractivity (Wildman–Crippen MR) is 78.9 cm³/mol. The average Bonchev–Trinajstić information content (AvgIpc) is 2.74. The fourth-order valence-corrected chi connectivity index (χ4v) is 3.58. The Kier molecular flexibility index (Phi) is 4.38. The van der Waals surface area contributed by atoms with E-state index in [4.69, 9.17) is 0 Å². The van der Waals surface area contributed by atoms with Crippen molar-refractivity contribution < 1.29 is 0 Å². The van der Waals surface area contributed by atoms with E-state index in [0.29, 0.717) is 5.41 Å². The second kappa shape index (κ2) is 5.50. The zero-order valence-electron chi connectivity index (χ0n) is 13.1. The molecule has 0 aliphatic carbocycles. The summed E-state index contributed by atoms with van der Waals surface area (Å²) in [6.07, 6.45) is 4.12. The first-order chi connectivity index (χ1) is 8.43. The summed E-state index contributed by atoms with van der Waals surface area (Å²) in [6.45, 7) is 17.2. The zero-order chi connectivity index (χ0) is 13.3. The van der Waals surface area contributed by atoms with E-state index >= 15 is 0 Å². The molecule has 106 valence electrons. The Bertz CT molecular complexity index is 272. The van der Waals surface area contributed by atoms with Gasteiger partial charge in [0.25, 0.3) is 0 Å². The Morgan fingerprint density at radius 3 is 2.56 bits per heavy atom. The lowest BCUT2D eigenvalue weighted by Gasteiger charge is -2.48. The molecule has 2 heterocycles. The topological polar surface area (TPSA) is 6.48 Å². The van der Waals surface area contributed by atoms with E-state index < -0.39 is 0 Å². The molecule has 2 aliphatic heterocycles. The van der Waals surface area contributed by atoms with E-state index in [2.05, 4.69) is 44.4 Å². The first kappa shape index (κ1) is 14.3. The number of hydrogen-bond donors (Lipinski definition) is 0. The van der Waals surface area contributed by atoms with E-state index in [-0.39, 0.29) is 0 Å². The van der Waals surface area contributed by atoms with Gasteiger partial charge >= 0.3 is 0 Å². The first-order valence-electron chi connectivity index (χ1n) is 7.91. The van der Waals surface area contributed by atoms with E-state index in [9.17, 15) is 0 Å². The largest absolute Gasteiger partial charge is 0.298 e. The van der Waals surface area contributed by atoms with E-state index in [1.54, 1.807) is 0 Å². The lowest BCUT2D eigenvalue weighted by molar-refractivity contribution is 0.00616. The van der Waals surface area contributed by atoms with Crippen molar-refractivity contribution in [3.8, 4) is 0 Å². The Labute approximate surface area is 114 Å². The van der Waals surface area contributed by atoms with Crippen LogP contribution in [-0.2, 0) is 0 Å². The van der Waals surface area contributed by atoms with Crippen LogP contribution < -0.4 is 0 Å². The van der Waals surface area contributed by atoms with Crippen LogP contribution in [0.15, 0.2) is 0 Å². The van der Waals surface area contributed by atoms with Crippen molar-refractivity contribution in [3.05, 3.63) is 0 Å². The van der Waals surface area contributed by atoms with Crippen molar-refractivity contribution in [1.29, 1.82) is 0 Å². The van der Waals surface area contributed by atoms with E-state index in [0.717, 1.165) is 18.0 Å². The normalized spacial score (nSPS) is 31.0.